The molecule has 3 aromatic heterocycles. The van der Waals surface area contributed by atoms with E-state index in [4.69, 9.17) is 4.42 Å². The van der Waals surface area contributed by atoms with Gasteiger partial charge >= 0.3 is 0 Å². The molecule has 0 spiro atoms. The Labute approximate surface area is 97.1 Å². The lowest BCUT2D eigenvalue weighted by Gasteiger charge is -2.11. The molecule has 17 heavy (non-hydrogen) atoms. The lowest BCUT2D eigenvalue weighted by molar-refractivity contribution is 0.490. The molecule has 0 radical (unpaired) electrons. The van der Waals surface area contributed by atoms with Gasteiger partial charge in [0.25, 0.3) is 0 Å². The lowest BCUT2D eigenvalue weighted by atomic mass is 10.2. The number of hydrogen-bond acceptors (Lipinski definition) is 5. The largest absolute Gasteiger partial charge is 0.467 e. The summed E-state index contributed by atoms with van der Waals surface area (Å²) < 4.78 is 5.33. The van der Waals surface area contributed by atoms with Crippen molar-refractivity contribution in [3.05, 3.63) is 36.8 Å². The van der Waals surface area contributed by atoms with Crippen LogP contribution in [-0.2, 0) is 0 Å². The molecule has 2 N–H and O–H groups in total. The maximum absolute atomic E-state index is 5.33. The van der Waals surface area contributed by atoms with Crippen LogP contribution in [0.25, 0.3) is 11.2 Å². The van der Waals surface area contributed by atoms with Crippen molar-refractivity contribution >= 4 is 17.0 Å². The van der Waals surface area contributed by atoms with E-state index in [1.54, 1.807) is 12.6 Å². The van der Waals surface area contributed by atoms with Crippen LogP contribution in [0, 0.1) is 0 Å². The summed E-state index contributed by atoms with van der Waals surface area (Å²) in [4.78, 5) is 15.3. The normalized spacial score (nSPS) is 12.8. The zero-order valence-electron chi connectivity index (χ0n) is 9.21. The Morgan fingerprint density at radius 3 is 3.12 bits per heavy atom. The molecule has 0 aromatic carbocycles. The maximum atomic E-state index is 5.33. The molecule has 0 unspecified atom stereocenters. The fourth-order valence-corrected chi connectivity index (χ4v) is 1.69. The van der Waals surface area contributed by atoms with E-state index in [9.17, 15) is 0 Å². The summed E-state index contributed by atoms with van der Waals surface area (Å²) in [5, 5.41) is 3.26. The van der Waals surface area contributed by atoms with Crippen molar-refractivity contribution in [2.24, 2.45) is 0 Å². The predicted octanol–water partition coefficient (Wildman–Crippen LogP) is 2.12. The number of aromatic nitrogens is 4. The van der Waals surface area contributed by atoms with Gasteiger partial charge in [0.1, 0.15) is 17.6 Å². The van der Waals surface area contributed by atoms with Gasteiger partial charge in [-0.05, 0) is 19.1 Å². The van der Waals surface area contributed by atoms with Gasteiger partial charge in [-0.3, -0.25) is 0 Å². The molecule has 0 aliphatic carbocycles. The smallest absolute Gasteiger partial charge is 0.182 e. The number of fused-ring (bicyclic) bond motifs is 1. The van der Waals surface area contributed by atoms with E-state index in [1.807, 2.05) is 19.1 Å². The van der Waals surface area contributed by atoms with Crippen molar-refractivity contribution in [1.82, 2.24) is 19.9 Å². The molecule has 0 saturated carbocycles. The van der Waals surface area contributed by atoms with Crippen LogP contribution in [0.1, 0.15) is 18.7 Å². The van der Waals surface area contributed by atoms with Crippen LogP contribution < -0.4 is 5.32 Å². The summed E-state index contributed by atoms with van der Waals surface area (Å²) in [7, 11) is 0. The number of nitrogens with one attached hydrogen (secondary N) is 2. The number of aromatic amines is 1. The summed E-state index contributed by atoms with van der Waals surface area (Å²) in [6, 6.07) is 3.81. The average Bonchev–Trinajstić information content (AvgIpc) is 3.00. The van der Waals surface area contributed by atoms with Crippen molar-refractivity contribution in [3.63, 3.8) is 0 Å². The molecule has 0 bridgehead atoms. The topological polar surface area (TPSA) is 79.6 Å². The molecule has 3 heterocycles. The van der Waals surface area contributed by atoms with Crippen molar-refractivity contribution < 1.29 is 4.42 Å². The quantitative estimate of drug-likeness (QED) is 0.719. The monoisotopic (exact) mass is 229 g/mol. The molecule has 6 nitrogen and oxygen atoms in total. The van der Waals surface area contributed by atoms with Gasteiger partial charge in [-0.1, -0.05) is 0 Å². The Kier molecular flexibility index (Phi) is 2.25. The van der Waals surface area contributed by atoms with Gasteiger partial charge in [-0.15, -0.1) is 0 Å². The minimum atomic E-state index is 0.0337. The molecule has 1 atom stereocenters. The molecular formula is C11H11N5O. The molecule has 0 amide bonds. The third-order valence-electron chi connectivity index (χ3n) is 2.55. The highest BCUT2D eigenvalue weighted by atomic mass is 16.3. The Morgan fingerprint density at radius 2 is 2.29 bits per heavy atom. The second kappa shape index (κ2) is 3.89. The van der Waals surface area contributed by atoms with Gasteiger partial charge in [0, 0.05) is 0 Å². The Hall–Kier alpha value is -2.37. The highest BCUT2D eigenvalue weighted by Crippen LogP contribution is 2.21. The predicted molar refractivity (Wildman–Crippen MR) is 62.4 cm³/mol. The van der Waals surface area contributed by atoms with E-state index in [-0.39, 0.29) is 6.04 Å². The van der Waals surface area contributed by atoms with E-state index in [0.29, 0.717) is 5.65 Å². The molecular weight excluding hydrogens is 218 g/mol. The van der Waals surface area contributed by atoms with E-state index in [1.165, 1.54) is 6.33 Å². The molecule has 3 aromatic rings. The highest BCUT2D eigenvalue weighted by Gasteiger charge is 2.11. The van der Waals surface area contributed by atoms with E-state index in [2.05, 4.69) is 25.3 Å². The maximum Gasteiger partial charge on any atom is 0.182 e. The Balaban J connectivity index is 1.92. The Bertz CT molecular complexity index is 616. The van der Waals surface area contributed by atoms with Gasteiger partial charge in [-0.2, -0.15) is 0 Å². The summed E-state index contributed by atoms with van der Waals surface area (Å²) in [5.41, 5.74) is 1.44. The molecule has 3 rings (SSSR count). The molecule has 0 saturated heterocycles. The zero-order chi connectivity index (χ0) is 11.7. The van der Waals surface area contributed by atoms with Crippen LogP contribution in [0.5, 0.6) is 0 Å². The van der Waals surface area contributed by atoms with E-state index < -0.39 is 0 Å². The molecule has 86 valence electrons. The van der Waals surface area contributed by atoms with Crippen molar-refractivity contribution in [2.45, 2.75) is 13.0 Å². The standard InChI is InChI=1S/C11H11N5O/c1-7(8-3-2-4-17-8)16-11-9-10(13-5-12-9)14-6-15-11/h2-7H,1H3,(H2,12,13,14,15,16)/t7-/m1/s1. The Morgan fingerprint density at radius 1 is 1.35 bits per heavy atom. The third kappa shape index (κ3) is 1.73. The number of anilines is 1. The van der Waals surface area contributed by atoms with Crippen LogP contribution >= 0.6 is 0 Å². The van der Waals surface area contributed by atoms with Gasteiger partial charge in [0.05, 0.1) is 18.6 Å². The second-order valence-electron chi connectivity index (χ2n) is 3.70. The second-order valence-corrected chi connectivity index (χ2v) is 3.70. The van der Waals surface area contributed by atoms with Gasteiger partial charge in [0.15, 0.2) is 11.5 Å². The fraction of sp³-hybridized carbons (Fsp3) is 0.182. The minimum Gasteiger partial charge on any atom is -0.467 e. The van der Waals surface area contributed by atoms with E-state index in [0.717, 1.165) is 17.1 Å². The highest BCUT2D eigenvalue weighted by molar-refractivity contribution is 5.82. The number of furan rings is 1. The van der Waals surface area contributed by atoms with Crippen molar-refractivity contribution in [1.29, 1.82) is 0 Å². The zero-order valence-corrected chi connectivity index (χ0v) is 9.21. The summed E-state index contributed by atoms with van der Waals surface area (Å²) in [6.45, 7) is 2.00. The van der Waals surface area contributed by atoms with Gasteiger partial charge < -0.3 is 14.7 Å². The van der Waals surface area contributed by atoms with E-state index >= 15 is 0 Å². The van der Waals surface area contributed by atoms with Gasteiger partial charge in [0.2, 0.25) is 0 Å². The van der Waals surface area contributed by atoms with Crippen molar-refractivity contribution in [2.75, 3.05) is 5.32 Å². The number of H-pyrrole nitrogens is 1. The summed E-state index contributed by atoms with van der Waals surface area (Å²) in [5.74, 6) is 1.58. The number of imidazole rings is 1. The van der Waals surface area contributed by atoms with Crippen LogP contribution in [0.2, 0.25) is 0 Å². The summed E-state index contributed by atoms with van der Waals surface area (Å²) in [6.07, 6.45) is 4.74. The molecule has 0 fully saturated rings. The average molecular weight is 229 g/mol. The van der Waals surface area contributed by atoms with Crippen LogP contribution in [0.4, 0.5) is 5.82 Å². The SMILES string of the molecule is C[C@@H](Nc1ncnc2nc[nH]c12)c1ccco1. The lowest BCUT2D eigenvalue weighted by Crippen LogP contribution is -2.07. The van der Waals surface area contributed by atoms with Crippen LogP contribution in [0.3, 0.4) is 0 Å². The molecule has 6 heteroatoms. The first-order chi connectivity index (χ1) is 8.34. The number of nitrogens with zero attached hydrogens (tertiary/aromatic N) is 3. The van der Waals surface area contributed by atoms with Crippen LogP contribution in [0.15, 0.2) is 35.5 Å². The van der Waals surface area contributed by atoms with Crippen molar-refractivity contribution in [3.8, 4) is 0 Å². The number of hydrogen-bond donors (Lipinski definition) is 2. The molecule has 0 aliphatic heterocycles. The fourth-order valence-electron chi connectivity index (χ4n) is 1.69. The third-order valence-corrected chi connectivity index (χ3v) is 2.55. The first-order valence-electron chi connectivity index (χ1n) is 5.28. The first-order valence-corrected chi connectivity index (χ1v) is 5.28. The van der Waals surface area contributed by atoms with Gasteiger partial charge in [-0.25, -0.2) is 15.0 Å². The minimum absolute atomic E-state index is 0.0337. The molecule has 0 aliphatic rings. The number of rotatable bonds is 3. The first kappa shape index (κ1) is 9.83. The van der Waals surface area contributed by atoms with Crippen LogP contribution in [-0.4, -0.2) is 19.9 Å². The summed E-state index contributed by atoms with van der Waals surface area (Å²) >= 11 is 0.